The van der Waals surface area contributed by atoms with Crippen molar-refractivity contribution in [3.63, 3.8) is 0 Å². The summed E-state index contributed by atoms with van der Waals surface area (Å²) in [4.78, 5) is 10.7. The SMILES string of the molecule is N#Cc1cc(F)cc(Oc2ccc3c(c2F)C(=O)C(F)(F)S3(O)O)c1. The number of hydrogen-bond donors (Lipinski definition) is 2. The first kappa shape index (κ1) is 17.2. The molecule has 0 aromatic heterocycles. The smallest absolute Gasteiger partial charge is 0.405 e. The lowest BCUT2D eigenvalue weighted by atomic mass is 10.1. The van der Waals surface area contributed by atoms with E-state index >= 15 is 0 Å². The third-order valence-corrected chi connectivity index (χ3v) is 5.31. The number of carbonyl (C=O) groups excluding carboxylic acids is 1. The number of ketones is 1. The predicted molar refractivity (Wildman–Crippen MR) is 78.0 cm³/mol. The minimum absolute atomic E-state index is 0.131. The van der Waals surface area contributed by atoms with E-state index in [2.05, 4.69) is 0 Å². The van der Waals surface area contributed by atoms with Gasteiger partial charge in [-0.3, -0.25) is 13.9 Å². The van der Waals surface area contributed by atoms with Gasteiger partial charge >= 0.3 is 5.25 Å². The van der Waals surface area contributed by atoms with Crippen LogP contribution in [0.15, 0.2) is 35.2 Å². The molecule has 0 fully saturated rings. The molecule has 2 N–H and O–H groups in total. The van der Waals surface area contributed by atoms with Crippen molar-refractivity contribution in [2.24, 2.45) is 0 Å². The maximum atomic E-state index is 14.4. The monoisotopic (exact) mass is 373 g/mol. The Kier molecular flexibility index (Phi) is 3.75. The predicted octanol–water partition coefficient (Wildman–Crippen LogP) is 4.53. The molecule has 1 heterocycles. The van der Waals surface area contributed by atoms with Crippen molar-refractivity contribution in [3.8, 4) is 17.6 Å². The van der Waals surface area contributed by atoms with Crippen LogP contribution in [0.4, 0.5) is 17.6 Å². The fourth-order valence-electron chi connectivity index (χ4n) is 2.29. The number of hydrogen-bond acceptors (Lipinski definition) is 5. The lowest BCUT2D eigenvalue weighted by Crippen LogP contribution is -2.28. The van der Waals surface area contributed by atoms with Gasteiger partial charge in [0.05, 0.1) is 22.1 Å². The molecule has 10 heteroatoms. The second-order valence-electron chi connectivity index (χ2n) is 5.04. The maximum absolute atomic E-state index is 14.4. The Morgan fingerprint density at radius 3 is 2.48 bits per heavy atom. The van der Waals surface area contributed by atoms with Gasteiger partial charge in [0.25, 0.3) is 5.78 Å². The summed E-state index contributed by atoms with van der Waals surface area (Å²) < 4.78 is 79.3. The van der Waals surface area contributed by atoms with E-state index in [1.807, 2.05) is 0 Å². The minimum atomic E-state index is -4.84. The summed E-state index contributed by atoms with van der Waals surface area (Å²) in [6.07, 6.45) is 0. The summed E-state index contributed by atoms with van der Waals surface area (Å²) in [7, 11) is -4.84. The number of carbonyl (C=O) groups is 1. The quantitative estimate of drug-likeness (QED) is 0.755. The highest BCUT2D eigenvalue weighted by atomic mass is 32.3. The van der Waals surface area contributed by atoms with E-state index < -0.39 is 49.5 Å². The zero-order valence-corrected chi connectivity index (χ0v) is 12.8. The van der Waals surface area contributed by atoms with Crippen LogP contribution in [-0.4, -0.2) is 20.1 Å². The number of Topliss-reactive ketones (excluding diaryl/α,β-unsaturated/α-hetero) is 1. The van der Waals surface area contributed by atoms with E-state index in [-0.39, 0.29) is 11.3 Å². The van der Waals surface area contributed by atoms with E-state index in [0.29, 0.717) is 0 Å². The maximum Gasteiger partial charge on any atom is 0.405 e. The van der Waals surface area contributed by atoms with E-state index in [4.69, 9.17) is 10.00 Å². The highest BCUT2D eigenvalue weighted by Gasteiger charge is 2.61. The van der Waals surface area contributed by atoms with Gasteiger partial charge in [0, 0.05) is 6.07 Å². The molecule has 0 radical (unpaired) electrons. The number of ether oxygens (including phenoxy) is 1. The van der Waals surface area contributed by atoms with Crippen molar-refractivity contribution < 1.29 is 36.2 Å². The van der Waals surface area contributed by atoms with Gasteiger partial charge in [-0.1, -0.05) is 10.6 Å². The Morgan fingerprint density at radius 1 is 1.16 bits per heavy atom. The molecule has 0 amide bonds. The number of fused-ring (bicyclic) bond motifs is 1. The minimum Gasteiger partial charge on any atom is -0.454 e. The molecule has 1 aliphatic rings. The van der Waals surface area contributed by atoms with E-state index in [1.54, 1.807) is 6.07 Å². The fraction of sp³-hybridized carbons (Fsp3) is 0.0667. The van der Waals surface area contributed by atoms with Crippen molar-refractivity contribution in [1.29, 1.82) is 5.26 Å². The van der Waals surface area contributed by atoms with Crippen LogP contribution in [0.1, 0.15) is 15.9 Å². The number of rotatable bonds is 2. The molecule has 0 saturated carbocycles. The van der Waals surface area contributed by atoms with Crippen molar-refractivity contribution in [2.45, 2.75) is 10.2 Å². The second-order valence-corrected chi connectivity index (χ2v) is 7.09. The van der Waals surface area contributed by atoms with Crippen LogP contribution in [0, 0.1) is 23.0 Å². The molecule has 1 aliphatic heterocycles. The van der Waals surface area contributed by atoms with Crippen LogP contribution in [-0.2, 0) is 0 Å². The molecular formula is C15H7F4NO4S. The van der Waals surface area contributed by atoms with Crippen LogP contribution in [0.25, 0.3) is 0 Å². The van der Waals surface area contributed by atoms with Crippen LogP contribution in [0.2, 0.25) is 0 Å². The van der Waals surface area contributed by atoms with Gasteiger partial charge in [0.15, 0.2) is 11.6 Å². The Hall–Kier alpha value is -2.61. The number of benzene rings is 2. The third kappa shape index (κ3) is 2.44. The van der Waals surface area contributed by atoms with Crippen molar-refractivity contribution in [1.82, 2.24) is 0 Å². The summed E-state index contributed by atoms with van der Waals surface area (Å²) >= 11 is 0. The molecule has 0 atom stereocenters. The molecule has 25 heavy (non-hydrogen) atoms. The third-order valence-electron chi connectivity index (χ3n) is 3.45. The van der Waals surface area contributed by atoms with Gasteiger partial charge in [-0.05, 0) is 24.3 Å². The Bertz CT molecular complexity index is 955. The van der Waals surface area contributed by atoms with Gasteiger partial charge in [0.2, 0.25) is 0 Å². The molecule has 0 bridgehead atoms. The highest BCUT2D eigenvalue weighted by molar-refractivity contribution is 8.26. The Balaban J connectivity index is 2.09. The molecule has 3 rings (SSSR count). The summed E-state index contributed by atoms with van der Waals surface area (Å²) in [5.41, 5.74) is -1.33. The molecule has 130 valence electrons. The molecule has 0 spiro atoms. The summed E-state index contributed by atoms with van der Waals surface area (Å²) in [5, 5.41) is 4.20. The van der Waals surface area contributed by atoms with Crippen LogP contribution in [0.3, 0.4) is 0 Å². The van der Waals surface area contributed by atoms with Crippen LogP contribution >= 0.6 is 10.6 Å². The van der Waals surface area contributed by atoms with Crippen molar-refractivity contribution in [3.05, 3.63) is 53.1 Å². The number of nitrogens with zero attached hydrogens (tertiary/aromatic N) is 1. The Morgan fingerprint density at radius 2 is 1.84 bits per heavy atom. The van der Waals surface area contributed by atoms with E-state index in [9.17, 15) is 31.5 Å². The topological polar surface area (TPSA) is 90.5 Å². The normalized spacial score (nSPS) is 18.4. The molecule has 2 aromatic rings. The Labute approximate surface area is 139 Å². The molecule has 2 aromatic carbocycles. The average Bonchev–Trinajstić information content (AvgIpc) is 2.67. The van der Waals surface area contributed by atoms with Gasteiger partial charge in [-0.15, -0.1) is 0 Å². The van der Waals surface area contributed by atoms with Crippen molar-refractivity contribution in [2.75, 3.05) is 0 Å². The molecule has 5 nitrogen and oxygen atoms in total. The van der Waals surface area contributed by atoms with Crippen LogP contribution < -0.4 is 4.74 Å². The lowest BCUT2D eigenvalue weighted by molar-refractivity contribution is 0.0509. The summed E-state index contributed by atoms with van der Waals surface area (Å²) in [5.74, 6) is -5.49. The fourth-order valence-corrected chi connectivity index (χ4v) is 3.65. The zero-order valence-electron chi connectivity index (χ0n) is 12.0. The first-order chi connectivity index (χ1) is 11.6. The average molecular weight is 373 g/mol. The van der Waals surface area contributed by atoms with Gasteiger partial charge in [-0.2, -0.15) is 14.0 Å². The first-order valence-electron chi connectivity index (χ1n) is 6.51. The molecule has 0 unspecified atom stereocenters. The molecular weight excluding hydrogens is 366 g/mol. The van der Waals surface area contributed by atoms with E-state index in [1.165, 1.54) is 0 Å². The first-order valence-corrected chi connectivity index (χ1v) is 8.05. The van der Waals surface area contributed by atoms with Gasteiger partial charge in [0.1, 0.15) is 11.6 Å². The van der Waals surface area contributed by atoms with Crippen molar-refractivity contribution >= 4 is 16.4 Å². The van der Waals surface area contributed by atoms with Gasteiger partial charge in [-0.25, -0.2) is 8.78 Å². The van der Waals surface area contributed by atoms with E-state index in [0.717, 1.165) is 30.3 Å². The standard InChI is InChI=1S/C15H7F4NO4S/c16-8-3-7(6-20)4-9(5-8)24-10-1-2-11-12(13(10)17)14(21)15(18,19)25(11,22)23/h1-5,22-23H. The molecule has 0 aliphatic carbocycles. The number of nitriles is 1. The second kappa shape index (κ2) is 5.45. The zero-order chi connectivity index (χ0) is 18.6. The van der Waals surface area contributed by atoms with Crippen LogP contribution in [0.5, 0.6) is 11.5 Å². The summed E-state index contributed by atoms with van der Waals surface area (Å²) in [6, 6.07) is 5.96. The lowest BCUT2D eigenvalue weighted by Gasteiger charge is -2.32. The largest absolute Gasteiger partial charge is 0.454 e. The number of alkyl halides is 2. The summed E-state index contributed by atoms with van der Waals surface area (Å²) in [6.45, 7) is 0. The molecule has 0 saturated heterocycles. The van der Waals surface area contributed by atoms with Gasteiger partial charge < -0.3 is 4.74 Å². The number of halogens is 4. The highest BCUT2D eigenvalue weighted by Crippen LogP contribution is 2.68.